The number of para-hydroxylation sites is 2. The van der Waals surface area contributed by atoms with Crippen LogP contribution in [0, 0.1) is 0 Å². The normalized spacial score (nSPS) is 15.6. The van der Waals surface area contributed by atoms with Gasteiger partial charge in [-0.15, -0.1) is 0 Å². The molecule has 2 aromatic carbocycles. The maximum absolute atomic E-state index is 12.5. The Balaban J connectivity index is 1.28. The van der Waals surface area contributed by atoms with Crippen molar-refractivity contribution in [2.75, 3.05) is 19.6 Å². The van der Waals surface area contributed by atoms with Crippen LogP contribution >= 0.6 is 15.9 Å². The van der Waals surface area contributed by atoms with Gasteiger partial charge in [0, 0.05) is 36.4 Å². The molecular formula is C21H22BrN3O4S. The Hall–Kier alpha value is -2.23. The standard InChI is InChI=1S/C21H22BrN3O4S/c22-16-5-1-4-8-19(16)30(27,28)23-12-9-20(26)25-13-10-15(11-14-25)21-24-17-6-2-3-7-18(17)29-21/h1-8,15,23H,9-14H2. The predicted molar refractivity (Wildman–Crippen MR) is 117 cm³/mol. The lowest BCUT2D eigenvalue weighted by atomic mass is 9.96. The zero-order valence-electron chi connectivity index (χ0n) is 16.3. The highest BCUT2D eigenvalue weighted by Gasteiger charge is 2.27. The van der Waals surface area contributed by atoms with Crippen molar-refractivity contribution in [3.8, 4) is 0 Å². The van der Waals surface area contributed by atoms with Crippen molar-refractivity contribution in [3.05, 3.63) is 58.9 Å². The van der Waals surface area contributed by atoms with E-state index in [1.807, 2.05) is 24.3 Å². The Morgan fingerprint density at radius 2 is 1.83 bits per heavy atom. The molecule has 4 rings (SSSR count). The fourth-order valence-corrected chi connectivity index (χ4v) is 5.66. The number of halogens is 1. The third-order valence-electron chi connectivity index (χ3n) is 5.26. The van der Waals surface area contributed by atoms with Gasteiger partial charge in [-0.3, -0.25) is 4.79 Å². The summed E-state index contributed by atoms with van der Waals surface area (Å²) in [5.74, 6) is 0.862. The highest BCUT2D eigenvalue weighted by atomic mass is 79.9. The maximum Gasteiger partial charge on any atom is 0.241 e. The van der Waals surface area contributed by atoms with Gasteiger partial charge in [-0.05, 0) is 53.0 Å². The molecule has 0 aliphatic carbocycles. The van der Waals surface area contributed by atoms with Gasteiger partial charge in [-0.2, -0.15) is 0 Å². The summed E-state index contributed by atoms with van der Waals surface area (Å²) in [5.41, 5.74) is 1.63. The molecule has 1 saturated heterocycles. The largest absolute Gasteiger partial charge is 0.440 e. The highest BCUT2D eigenvalue weighted by molar-refractivity contribution is 9.10. The summed E-state index contributed by atoms with van der Waals surface area (Å²) in [4.78, 5) is 19.0. The molecule has 0 unspecified atom stereocenters. The van der Waals surface area contributed by atoms with E-state index < -0.39 is 10.0 Å². The van der Waals surface area contributed by atoms with Crippen molar-refractivity contribution in [2.24, 2.45) is 0 Å². The smallest absolute Gasteiger partial charge is 0.241 e. The Bertz CT molecular complexity index is 1120. The minimum atomic E-state index is -3.66. The lowest BCUT2D eigenvalue weighted by molar-refractivity contribution is -0.132. The van der Waals surface area contributed by atoms with E-state index in [9.17, 15) is 13.2 Å². The first-order chi connectivity index (χ1) is 14.4. The van der Waals surface area contributed by atoms with Crippen LogP contribution in [0.4, 0.5) is 0 Å². The monoisotopic (exact) mass is 491 g/mol. The molecule has 7 nitrogen and oxygen atoms in total. The molecule has 0 bridgehead atoms. The summed E-state index contributed by atoms with van der Waals surface area (Å²) < 4.78 is 33.7. The van der Waals surface area contributed by atoms with Gasteiger partial charge in [-0.1, -0.05) is 24.3 Å². The number of carbonyl (C=O) groups excluding carboxylic acids is 1. The van der Waals surface area contributed by atoms with Crippen molar-refractivity contribution in [3.63, 3.8) is 0 Å². The molecule has 0 radical (unpaired) electrons. The molecule has 9 heteroatoms. The second kappa shape index (κ2) is 8.87. The van der Waals surface area contributed by atoms with Crippen LogP contribution < -0.4 is 4.72 Å². The van der Waals surface area contributed by atoms with Crippen molar-refractivity contribution < 1.29 is 17.6 Å². The molecule has 1 N–H and O–H groups in total. The number of piperidine rings is 1. The summed E-state index contributed by atoms with van der Waals surface area (Å²) in [6.45, 7) is 1.28. The number of hydrogen-bond acceptors (Lipinski definition) is 5. The van der Waals surface area contributed by atoms with Crippen LogP contribution in [-0.2, 0) is 14.8 Å². The molecule has 3 aromatic rings. The van der Waals surface area contributed by atoms with Crippen molar-refractivity contribution >= 4 is 43.0 Å². The Kier molecular flexibility index (Phi) is 6.21. The van der Waals surface area contributed by atoms with Crippen LogP contribution in [-0.4, -0.2) is 43.8 Å². The predicted octanol–water partition coefficient (Wildman–Crippen LogP) is 3.66. The van der Waals surface area contributed by atoms with Gasteiger partial charge in [0.1, 0.15) is 5.52 Å². The molecule has 1 amide bonds. The molecule has 1 fully saturated rings. The zero-order valence-corrected chi connectivity index (χ0v) is 18.7. The van der Waals surface area contributed by atoms with E-state index in [-0.39, 0.29) is 29.7 Å². The van der Waals surface area contributed by atoms with Gasteiger partial charge in [-0.25, -0.2) is 18.1 Å². The fourth-order valence-electron chi connectivity index (χ4n) is 3.63. The van der Waals surface area contributed by atoms with Crippen LogP contribution in [0.5, 0.6) is 0 Å². The molecule has 30 heavy (non-hydrogen) atoms. The summed E-state index contributed by atoms with van der Waals surface area (Å²) in [6.07, 6.45) is 1.68. The van der Waals surface area contributed by atoms with E-state index in [4.69, 9.17) is 4.42 Å². The number of carbonyl (C=O) groups is 1. The van der Waals surface area contributed by atoms with E-state index in [0.29, 0.717) is 17.6 Å². The van der Waals surface area contributed by atoms with Gasteiger partial charge in [0.2, 0.25) is 15.9 Å². The SMILES string of the molecule is O=C(CCNS(=O)(=O)c1ccccc1Br)N1CCC(c2nc3ccccc3o2)CC1. The number of nitrogens with one attached hydrogen (secondary N) is 1. The second-order valence-electron chi connectivity index (χ2n) is 7.25. The number of amides is 1. The number of likely N-dealkylation sites (tertiary alicyclic amines) is 1. The van der Waals surface area contributed by atoms with Gasteiger partial charge >= 0.3 is 0 Å². The number of sulfonamides is 1. The number of rotatable bonds is 6. The molecule has 0 atom stereocenters. The van der Waals surface area contributed by atoms with Crippen LogP contribution in [0.25, 0.3) is 11.1 Å². The quantitative estimate of drug-likeness (QED) is 0.567. The number of hydrogen-bond donors (Lipinski definition) is 1. The van der Waals surface area contributed by atoms with Crippen molar-refractivity contribution in [1.82, 2.24) is 14.6 Å². The second-order valence-corrected chi connectivity index (χ2v) is 9.84. The van der Waals surface area contributed by atoms with Gasteiger partial charge in [0.25, 0.3) is 0 Å². The van der Waals surface area contributed by atoms with Crippen molar-refractivity contribution in [2.45, 2.75) is 30.1 Å². The summed E-state index contributed by atoms with van der Waals surface area (Å²) in [7, 11) is -3.66. The lowest BCUT2D eigenvalue weighted by Crippen LogP contribution is -2.39. The van der Waals surface area contributed by atoms with Gasteiger partial charge in [0.15, 0.2) is 11.5 Å². The molecule has 0 saturated carbocycles. The third-order valence-corrected chi connectivity index (χ3v) is 7.74. The van der Waals surface area contributed by atoms with E-state index in [1.54, 1.807) is 23.1 Å². The molecular weight excluding hydrogens is 470 g/mol. The number of aromatic nitrogens is 1. The van der Waals surface area contributed by atoms with Crippen LogP contribution in [0.3, 0.4) is 0 Å². The third kappa shape index (κ3) is 4.58. The molecule has 1 aliphatic heterocycles. The summed E-state index contributed by atoms with van der Waals surface area (Å²) in [5, 5.41) is 0. The maximum atomic E-state index is 12.5. The minimum Gasteiger partial charge on any atom is -0.440 e. The summed E-state index contributed by atoms with van der Waals surface area (Å²) >= 11 is 3.24. The molecule has 158 valence electrons. The molecule has 1 aromatic heterocycles. The topological polar surface area (TPSA) is 92.5 Å². The van der Waals surface area contributed by atoms with Crippen LogP contribution in [0.15, 0.2) is 62.3 Å². The highest BCUT2D eigenvalue weighted by Crippen LogP contribution is 2.30. The molecule has 1 aliphatic rings. The number of fused-ring (bicyclic) bond motifs is 1. The zero-order chi connectivity index (χ0) is 21.1. The Morgan fingerprint density at radius 1 is 1.13 bits per heavy atom. The Morgan fingerprint density at radius 3 is 2.57 bits per heavy atom. The summed E-state index contributed by atoms with van der Waals surface area (Å²) in [6, 6.07) is 14.3. The average Bonchev–Trinajstić information content (AvgIpc) is 3.18. The molecule has 2 heterocycles. The fraction of sp³-hybridized carbons (Fsp3) is 0.333. The van der Waals surface area contributed by atoms with E-state index >= 15 is 0 Å². The average molecular weight is 492 g/mol. The van der Waals surface area contributed by atoms with Gasteiger partial charge < -0.3 is 9.32 Å². The van der Waals surface area contributed by atoms with E-state index in [0.717, 1.165) is 29.8 Å². The van der Waals surface area contributed by atoms with E-state index in [2.05, 4.69) is 25.6 Å². The lowest BCUT2D eigenvalue weighted by Gasteiger charge is -2.30. The first-order valence-electron chi connectivity index (χ1n) is 9.81. The van der Waals surface area contributed by atoms with Crippen LogP contribution in [0.1, 0.15) is 31.1 Å². The number of benzene rings is 2. The number of nitrogens with zero attached hydrogens (tertiary/aromatic N) is 2. The first kappa shape index (κ1) is 21.0. The first-order valence-corrected chi connectivity index (χ1v) is 12.1. The number of oxazole rings is 1. The van der Waals surface area contributed by atoms with Crippen molar-refractivity contribution in [1.29, 1.82) is 0 Å². The Labute approximate surface area is 183 Å². The van der Waals surface area contributed by atoms with Crippen LogP contribution in [0.2, 0.25) is 0 Å². The minimum absolute atomic E-state index is 0.0548. The van der Waals surface area contributed by atoms with E-state index in [1.165, 1.54) is 6.07 Å². The van der Waals surface area contributed by atoms with Gasteiger partial charge in [0.05, 0.1) is 4.90 Å². The molecule has 0 spiro atoms.